The summed E-state index contributed by atoms with van der Waals surface area (Å²) in [5, 5.41) is 6.45. The molecule has 1 aromatic heterocycles. The standard InChI is InChI=1S/C20H26N4O5/c1-12-8-16(22-29-12)19(25)21-15-9-13(10-17(27-4)18(15)28-5)20(26)24(3)14-6-7-23(2)11-14/h8-10,14H,6-7,11H2,1-5H3,(H,21,25). The van der Waals surface area contributed by atoms with Gasteiger partial charge in [0.15, 0.2) is 17.2 Å². The number of aryl methyl sites for hydroxylation is 1. The van der Waals surface area contributed by atoms with Gasteiger partial charge in [0.25, 0.3) is 11.8 Å². The summed E-state index contributed by atoms with van der Waals surface area (Å²) in [4.78, 5) is 29.5. The van der Waals surface area contributed by atoms with Crippen LogP contribution in [0.4, 0.5) is 5.69 Å². The van der Waals surface area contributed by atoms with Crippen LogP contribution in [0.2, 0.25) is 0 Å². The lowest BCUT2D eigenvalue weighted by Crippen LogP contribution is -2.38. The summed E-state index contributed by atoms with van der Waals surface area (Å²) in [7, 11) is 6.78. The van der Waals surface area contributed by atoms with Crippen molar-refractivity contribution in [3.8, 4) is 11.5 Å². The summed E-state index contributed by atoms with van der Waals surface area (Å²) in [5.74, 6) is 0.561. The lowest BCUT2D eigenvalue weighted by Gasteiger charge is -2.25. The molecule has 1 aromatic carbocycles. The van der Waals surface area contributed by atoms with Crippen LogP contribution in [0, 0.1) is 6.92 Å². The number of hydrogen-bond acceptors (Lipinski definition) is 7. The van der Waals surface area contributed by atoms with Crippen LogP contribution < -0.4 is 14.8 Å². The second-order valence-electron chi connectivity index (χ2n) is 7.16. The number of rotatable bonds is 6. The summed E-state index contributed by atoms with van der Waals surface area (Å²) in [6, 6.07) is 4.87. The van der Waals surface area contributed by atoms with Crippen LogP contribution in [0.25, 0.3) is 0 Å². The summed E-state index contributed by atoms with van der Waals surface area (Å²) in [6.07, 6.45) is 0.918. The fraction of sp³-hybridized carbons (Fsp3) is 0.450. The Morgan fingerprint density at radius 3 is 2.59 bits per heavy atom. The van der Waals surface area contributed by atoms with Gasteiger partial charge in [0.1, 0.15) is 5.76 Å². The molecule has 29 heavy (non-hydrogen) atoms. The zero-order chi connectivity index (χ0) is 21.1. The Morgan fingerprint density at radius 2 is 2.03 bits per heavy atom. The van der Waals surface area contributed by atoms with E-state index in [1.807, 2.05) is 7.05 Å². The molecule has 2 amide bonds. The third kappa shape index (κ3) is 4.34. The number of nitrogens with one attached hydrogen (secondary N) is 1. The van der Waals surface area contributed by atoms with Crippen LogP contribution in [0.3, 0.4) is 0 Å². The topological polar surface area (TPSA) is 97.1 Å². The number of ether oxygens (including phenoxy) is 2. The molecule has 1 saturated heterocycles. The Balaban J connectivity index is 1.91. The molecule has 1 unspecified atom stereocenters. The summed E-state index contributed by atoms with van der Waals surface area (Å²) < 4.78 is 15.7. The fourth-order valence-corrected chi connectivity index (χ4v) is 3.44. The molecule has 0 aliphatic carbocycles. The number of amides is 2. The van der Waals surface area contributed by atoms with Crippen molar-refractivity contribution in [2.45, 2.75) is 19.4 Å². The second-order valence-corrected chi connectivity index (χ2v) is 7.16. The molecule has 0 radical (unpaired) electrons. The van der Waals surface area contributed by atoms with E-state index in [0.29, 0.717) is 28.5 Å². The summed E-state index contributed by atoms with van der Waals surface area (Å²) in [5.41, 5.74) is 0.843. The molecular weight excluding hydrogens is 376 g/mol. The maximum atomic E-state index is 13.1. The quantitative estimate of drug-likeness (QED) is 0.790. The SMILES string of the molecule is COc1cc(C(=O)N(C)C2CCN(C)C2)cc(NC(=O)c2cc(C)on2)c1OC. The van der Waals surface area contributed by atoms with Crippen molar-refractivity contribution in [2.24, 2.45) is 0 Å². The zero-order valence-electron chi connectivity index (χ0n) is 17.3. The fourth-order valence-electron chi connectivity index (χ4n) is 3.44. The van der Waals surface area contributed by atoms with E-state index in [9.17, 15) is 9.59 Å². The minimum Gasteiger partial charge on any atom is -0.493 e. The van der Waals surface area contributed by atoms with Gasteiger partial charge in [-0.05, 0) is 39.1 Å². The van der Waals surface area contributed by atoms with Gasteiger partial charge < -0.3 is 29.1 Å². The van der Waals surface area contributed by atoms with Crippen LogP contribution >= 0.6 is 0 Å². The van der Waals surface area contributed by atoms with Gasteiger partial charge in [-0.15, -0.1) is 0 Å². The lowest BCUT2D eigenvalue weighted by molar-refractivity contribution is 0.0737. The van der Waals surface area contributed by atoms with Crippen molar-refractivity contribution in [2.75, 3.05) is 46.7 Å². The Morgan fingerprint density at radius 1 is 1.28 bits per heavy atom. The lowest BCUT2D eigenvalue weighted by atomic mass is 10.1. The highest BCUT2D eigenvalue weighted by Crippen LogP contribution is 2.37. The third-order valence-electron chi connectivity index (χ3n) is 5.07. The Hall–Kier alpha value is -3.07. The van der Waals surface area contributed by atoms with E-state index in [0.717, 1.165) is 19.5 Å². The Labute approximate surface area is 169 Å². The van der Waals surface area contributed by atoms with Gasteiger partial charge in [-0.25, -0.2) is 0 Å². The Bertz CT molecular complexity index is 910. The molecule has 0 spiro atoms. The largest absolute Gasteiger partial charge is 0.493 e. The number of carbonyl (C=O) groups excluding carboxylic acids is 2. The first-order valence-corrected chi connectivity index (χ1v) is 9.30. The molecule has 1 aliphatic rings. The van der Waals surface area contributed by atoms with E-state index in [2.05, 4.69) is 15.4 Å². The van der Waals surface area contributed by atoms with E-state index in [1.165, 1.54) is 20.3 Å². The smallest absolute Gasteiger partial charge is 0.277 e. The highest BCUT2D eigenvalue weighted by Gasteiger charge is 2.28. The number of likely N-dealkylation sites (N-methyl/N-ethyl adjacent to an activating group) is 2. The van der Waals surface area contributed by atoms with E-state index in [-0.39, 0.29) is 17.6 Å². The van der Waals surface area contributed by atoms with Crippen molar-refractivity contribution >= 4 is 17.5 Å². The van der Waals surface area contributed by atoms with Crippen LogP contribution in [-0.2, 0) is 0 Å². The van der Waals surface area contributed by atoms with Gasteiger partial charge in [0, 0.05) is 31.3 Å². The second kappa shape index (κ2) is 8.52. The number of anilines is 1. The van der Waals surface area contributed by atoms with Gasteiger partial charge in [-0.2, -0.15) is 0 Å². The van der Waals surface area contributed by atoms with E-state index < -0.39 is 5.91 Å². The molecule has 3 rings (SSSR count). The van der Waals surface area contributed by atoms with Gasteiger partial charge in [0.2, 0.25) is 0 Å². The van der Waals surface area contributed by atoms with Gasteiger partial charge in [0.05, 0.1) is 19.9 Å². The monoisotopic (exact) mass is 402 g/mol. The van der Waals surface area contributed by atoms with Crippen molar-refractivity contribution < 1.29 is 23.6 Å². The average Bonchev–Trinajstić information content (AvgIpc) is 3.34. The maximum Gasteiger partial charge on any atom is 0.277 e. The maximum absolute atomic E-state index is 13.1. The zero-order valence-corrected chi connectivity index (χ0v) is 17.3. The third-order valence-corrected chi connectivity index (χ3v) is 5.07. The van der Waals surface area contributed by atoms with E-state index in [4.69, 9.17) is 14.0 Å². The average molecular weight is 402 g/mol. The van der Waals surface area contributed by atoms with Crippen LogP contribution in [0.15, 0.2) is 22.7 Å². The predicted molar refractivity (Wildman–Crippen MR) is 107 cm³/mol. The number of aromatic nitrogens is 1. The predicted octanol–water partition coefficient (Wildman–Crippen LogP) is 2.03. The molecule has 2 heterocycles. The molecule has 156 valence electrons. The molecule has 1 fully saturated rings. The van der Waals surface area contributed by atoms with Crippen LogP contribution in [0.5, 0.6) is 11.5 Å². The molecule has 0 saturated carbocycles. The molecule has 9 heteroatoms. The van der Waals surface area contributed by atoms with Crippen LogP contribution in [-0.4, -0.2) is 74.2 Å². The van der Waals surface area contributed by atoms with Crippen LogP contribution in [0.1, 0.15) is 33.0 Å². The van der Waals surface area contributed by atoms with Gasteiger partial charge in [-0.3, -0.25) is 9.59 Å². The normalized spacial score (nSPS) is 16.5. The molecular formula is C20H26N4O5. The van der Waals surface area contributed by atoms with Gasteiger partial charge in [-0.1, -0.05) is 5.16 Å². The number of carbonyl (C=O) groups is 2. The highest BCUT2D eigenvalue weighted by molar-refractivity contribution is 6.05. The first kappa shape index (κ1) is 20.7. The van der Waals surface area contributed by atoms with Gasteiger partial charge >= 0.3 is 0 Å². The number of likely N-dealkylation sites (tertiary alicyclic amines) is 1. The highest BCUT2D eigenvalue weighted by atomic mass is 16.5. The Kier molecular flexibility index (Phi) is 6.07. The summed E-state index contributed by atoms with van der Waals surface area (Å²) in [6.45, 7) is 3.47. The van der Waals surface area contributed by atoms with Crippen molar-refractivity contribution in [1.82, 2.24) is 15.0 Å². The number of nitrogens with zero attached hydrogens (tertiary/aromatic N) is 3. The van der Waals surface area contributed by atoms with Crippen molar-refractivity contribution in [1.29, 1.82) is 0 Å². The first-order valence-electron chi connectivity index (χ1n) is 9.30. The molecule has 1 N–H and O–H groups in total. The molecule has 1 aliphatic heterocycles. The van der Waals surface area contributed by atoms with E-state index >= 15 is 0 Å². The minimum absolute atomic E-state index is 0.131. The number of methoxy groups -OCH3 is 2. The minimum atomic E-state index is -0.474. The number of hydrogen-bond donors (Lipinski definition) is 1. The van der Waals surface area contributed by atoms with Crippen molar-refractivity contribution in [3.05, 3.63) is 35.2 Å². The molecule has 0 bridgehead atoms. The molecule has 2 aromatic rings. The van der Waals surface area contributed by atoms with E-state index in [1.54, 1.807) is 31.0 Å². The molecule has 1 atom stereocenters. The first-order chi connectivity index (χ1) is 13.8. The molecule has 9 nitrogen and oxygen atoms in total. The van der Waals surface area contributed by atoms with Crippen molar-refractivity contribution in [3.63, 3.8) is 0 Å². The number of benzene rings is 1. The summed E-state index contributed by atoms with van der Waals surface area (Å²) >= 11 is 0.